The molecule has 0 unspecified atom stereocenters. The first-order chi connectivity index (χ1) is 14.2. The van der Waals surface area contributed by atoms with Crippen molar-refractivity contribution < 1.29 is 19.1 Å². The summed E-state index contributed by atoms with van der Waals surface area (Å²) in [5.41, 5.74) is 1.79. The van der Waals surface area contributed by atoms with E-state index in [0.29, 0.717) is 24.6 Å². The fraction of sp³-hybridized carbons (Fsp3) is 0.217. The Morgan fingerprint density at radius 1 is 1.03 bits per heavy atom. The predicted molar refractivity (Wildman–Crippen MR) is 109 cm³/mol. The van der Waals surface area contributed by atoms with Crippen molar-refractivity contribution in [1.82, 2.24) is 5.32 Å². The normalized spacial score (nSPS) is 17.7. The van der Waals surface area contributed by atoms with Crippen molar-refractivity contribution in [3.8, 4) is 11.5 Å². The van der Waals surface area contributed by atoms with E-state index in [0.717, 1.165) is 22.0 Å². The second-order valence-electron chi connectivity index (χ2n) is 7.31. The number of nitrogens with zero attached hydrogens (tertiary/aromatic N) is 1. The Kier molecular flexibility index (Phi) is 4.31. The van der Waals surface area contributed by atoms with E-state index < -0.39 is 0 Å². The van der Waals surface area contributed by atoms with E-state index in [9.17, 15) is 9.59 Å². The van der Waals surface area contributed by atoms with Crippen LogP contribution < -0.4 is 19.7 Å². The largest absolute Gasteiger partial charge is 0.454 e. The number of anilines is 1. The van der Waals surface area contributed by atoms with Crippen molar-refractivity contribution in [1.29, 1.82) is 0 Å². The first-order valence-electron chi connectivity index (χ1n) is 9.63. The molecule has 1 fully saturated rings. The highest BCUT2D eigenvalue weighted by atomic mass is 16.7. The third kappa shape index (κ3) is 3.27. The molecule has 0 bridgehead atoms. The summed E-state index contributed by atoms with van der Waals surface area (Å²) in [7, 11) is 0. The Bertz CT molecular complexity index is 1110. The standard InChI is InChI=1S/C23H20N2O4/c26-22-11-17(13-25(22)19-7-3-5-16-4-1-2-6-18(16)19)23(27)24-12-15-8-9-20-21(10-15)29-14-28-20/h1-10,17H,11-14H2,(H,24,27)/t17-/m1/s1. The van der Waals surface area contributed by atoms with Crippen molar-refractivity contribution >= 4 is 28.3 Å². The molecule has 5 rings (SSSR count). The number of hydrogen-bond acceptors (Lipinski definition) is 4. The van der Waals surface area contributed by atoms with Crippen molar-refractivity contribution in [3.05, 3.63) is 66.2 Å². The zero-order valence-electron chi connectivity index (χ0n) is 15.8. The summed E-state index contributed by atoms with van der Waals surface area (Å²) in [5.74, 6) is 0.904. The number of hydrogen-bond donors (Lipinski definition) is 1. The lowest BCUT2D eigenvalue weighted by atomic mass is 10.1. The van der Waals surface area contributed by atoms with Crippen LogP contribution in [-0.4, -0.2) is 25.2 Å². The number of fused-ring (bicyclic) bond motifs is 2. The van der Waals surface area contributed by atoms with E-state index in [2.05, 4.69) is 5.32 Å². The fourth-order valence-electron chi connectivity index (χ4n) is 3.94. The van der Waals surface area contributed by atoms with Crippen LogP contribution in [0.5, 0.6) is 11.5 Å². The van der Waals surface area contributed by atoms with Crippen molar-refractivity contribution in [2.75, 3.05) is 18.2 Å². The number of carbonyl (C=O) groups is 2. The molecular formula is C23H20N2O4. The molecular weight excluding hydrogens is 368 g/mol. The van der Waals surface area contributed by atoms with Crippen LogP contribution in [0.2, 0.25) is 0 Å². The maximum absolute atomic E-state index is 12.7. The van der Waals surface area contributed by atoms with Crippen molar-refractivity contribution in [2.24, 2.45) is 5.92 Å². The van der Waals surface area contributed by atoms with Gasteiger partial charge in [0.25, 0.3) is 0 Å². The molecule has 6 heteroatoms. The lowest BCUT2D eigenvalue weighted by Crippen LogP contribution is -2.32. The van der Waals surface area contributed by atoms with Gasteiger partial charge in [-0.25, -0.2) is 0 Å². The van der Waals surface area contributed by atoms with Crippen LogP contribution in [0.3, 0.4) is 0 Å². The minimum absolute atomic E-state index is 0.0235. The van der Waals surface area contributed by atoms with Crippen LogP contribution in [0, 0.1) is 5.92 Å². The number of carbonyl (C=O) groups excluding carboxylic acids is 2. The van der Waals surface area contributed by atoms with Gasteiger partial charge in [0, 0.05) is 24.9 Å². The van der Waals surface area contributed by atoms with Gasteiger partial charge in [-0.3, -0.25) is 9.59 Å². The van der Waals surface area contributed by atoms with Crippen LogP contribution >= 0.6 is 0 Å². The molecule has 1 N–H and O–H groups in total. The molecule has 29 heavy (non-hydrogen) atoms. The molecule has 1 saturated heterocycles. The average molecular weight is 388 g/mol. The molecule has 3 aromatic rings. The Morgan fingerprint density at radius 3 is 2.79 bits per heavy atom. The van der Waals surface area contributed by atoms with Gasteiger partial charge in [0.15, 0.2) is 11.5 Å². The molecule has 2 aliphatic heterocycles. The molecule has 146 valence electrons. The molecule has 6 nitrogen and oxygen atoms in total. The highest BCUT2D eigenvalue weighted by Crippen LogP contribution is 2.33. The van der Waals surface area contributed by atoms with E-state index in [1.165, 1.54) is 0 Å². The van der Waals surface area contributed by atoms with Gasteiger partial charge in [-0.15, -0.1) is 0 Å². The topological polar surface area (TPSA) is 67.9 Å². The minimum atomic E-state index is -0.365. The van der Waals surface area contributed by atoms with Crippen LogP contribution in [0.25, 0.3) is 10.8 Å². The molecule has 0 saturated carbocycles. The summed E-state index contributed by atoms with van der Waals surface area (Å²) in [5, 5.41) is 5.04. The SMILES string of the molecule is O=C(NCc1ccc2c(c1)OCO2)[C@@H]1CC(=O)N(c2cccc3ccccc23)C1. The van der Waals surface area contributed by atoms with Crippen LogP contribution in [0.15, 0.2) is 60.7 Å². The zero-order chi connectivity index (χ0) is 19.8. The number of amides is 2. The maximum atomic E-state index is 12.7. The Hall–Kier alpha value is -3.54. The second kappa shape index (κ2) is 7.13. The van der Waals surface area contributed by atoms with Crippen LogP contribution in [0.1, 0.15) is 12.0 Å². The van der Waals surface area contributed by atoms with E-state index in [4.69, 9.17) is 9.47 Å². The Balaban J connectivity index is 1.28. The first-order valence-corrected chi connectivity index (χ1v) is 9.63. The van der Waals surface area contributed by atoms with Gasteiger partial charge in [-0.1, -0.05) is 42.5 Å². The van der Waals surface area contributed by atoms with Gasteiger partial charge < -0.3 is 19.7 Å². The maximum Gasteiger partial charge on any atom is 0.231 e. The quantitative estimate of drug-likeness (QED) is 0.745. The van der Waals surface area contributed by atoms with E-state index in [1.807, 2.05) is 60.7 Å². The van der Waals surface area contributed by atoms with Crippen molar-refractivity contribution in [2.45, 2.75) is 13.0 Å². The smallest absolute Gasteiger partial charge is 0.231 e. The molecule has 2 amide bonds. The summed E-state index contributed by atoms with van der Waals surface area (Å²) in [6.07, 6.45) is 0.218. The lowest BCUT2D eigenvalue weighted by molar-refractivity contribution is -0.126. The van der Waals surface area contributed by atoms with Gasteiger partial charge in [0.2, 0.25) is 18.6 Å². The monoisotopic (exact) mass is 388 g/mol. The first kappa shape index (κ1) is 17.6. The summed E-state index contributed by atoms with van der Waals surface area (Å²) >= 11 is 0. The van der Waals surface area contributed by atoms with Gasteiger partial charge >= 0.3 is 0 Å². The zero-order valence-corrected chi connectivity index (χ0v) is 15.8. The van der Waals surface area contributed by atoms with Gasteiger partial charge in [0.05, 0.1) is 11.6 Å². The molecule has 0 aromatic heterocycles. The third-order valence-electron chi connectivity index (χ3n) is 5.46. The lowest BCUT2D eigenvalue weighted by Gasteiger charge is -2.19. The number of ether oxygens (including phenoxy) is 2. The molecule has 2 aliphatic rings. The fourth-order valence-corrected chi connectivity index (χ4v) is 3.94. The number of nitrogens with one attached hydrogen (secondary N) is 1. The summed E-state index contributed by atoms with van der Waals surface area (Å²) in [6.45, 7) is 0.994. The van der Waals surface area contributed by atoms with Gasteiger partial charge in [-0.05, 0) is 29.1 Å². The summed E-state index contributed by atoms with van der Waals surface area (Å²) in [4.78, 5) is 27.1. The molecule has 2 heterocycles. The minimum Gasteiger partial charge on any atom is -0.454 e. The molecule has 1 atom stereocenters. The van der Waals surface area contributed by atoms with Crippen LogP contribution in [-0.2, 0) is 16.1 Å². The van der Waals surface area contributed by atoms with Crippen molar-refractivity contribution in [3.63, 3.8) is 0 Å². The molecule has 0 spiro atoms. The highest BCUT2D eigenvalue weighted by molar-refractivity contribution is 6.06. The molecule has 0 radical (unpaired) electrons. The number of benzene rings is 3. The molecule has 0 aliphatic carbocycles. The summed E-state index contributed by atoms with van der Waals surface area (Å²) in [6, 6.07) is 19.5. The van der Waals surface area contributed by atoms with E-state index in [-0.39, 0.29) is 30.9 Å². The summed E-state index contributed by atoms with van der Waals surface area (Å²) < 4.78 is 10.7. The predicted octanol–water partition coefficient (Wildman–Crippen LogP) is 3.24. The van der Waals surface area contributed by atoms with Gasteiger partial charge in [-0.2, -0.15) is 0 Å². The van der Waals surface area contributed by atoms with E-state index >= 15 is 0 Å². The van der Waals surface area contributed by atoms with Crippen LogP contribution in [0.4, 0.5) is 5.69 Å². The Labute approximate surface area is 168 Å². The molecule has 3 aromatic carbocycles. The average Bonchev–Trinajstić information content (AvgIpc) is 3.37. The van der Waals surface area contributed by atoms with Gasteiger partial charge in [0.1, 0.15) is 0 Å². The second-order valence-corrected chi connectivity index (χ2v) is 7.31. The van der Waals surface area contributed by atoms with E-state index in [1.54, 1.807) is 4.90 Å². The Morgan fingerprint density at radius 2 is 1.86 bits per heavy atom. The third-order valence-corrected chi connectivity index (χ3v) is 5.46. The highest BCUT2D eigenvalue weighted by Gasteiger charge is 2.35. The number of rotatable bonds is 4.